The number of carbonyl (C=O) groups excluding carboxylic acids is 1. The normalized spacial score (nSPS) is 10.5. The molecule has 0 radical (unpaired) electrons. The maximum Gasteiger partial charge on any atom is 0.340 e. The number of rotatable bonds is 3. The molecule has 2 N–H and O–H groups in total. The number of nitrogens with two attached hydrogens (primary N) is 1. The van der Waals surface area contributed by atoms with Gasteiger partial charge in [0.2, 0.25) is 0 Å². The first kappa shape index (κ1) is 13.1. The maximum atomic E-state index is 12.0. The van der Waals surface area contributed by atoms with E-state index in [0.29, 0.717) is 23.5 Å². The van der Waals surface area contributed by atoms with E-state index in [4.69, 9.17) is 10.5 Å². The molecule has 2 rings (SSSR count). The number of hydrogen-bond acceptors (Lipinski definition) is 4. The number of ether oxygens (including phenoxy) is 1. The van der Waals surface area contributed by atoms with Crippen molar-refractivity contribution in [3.8, 4) is 5.69 Å². The number of nitrogen functional groups attached to an aromatic ring is 1. The molecule has 0 aliphatic rings. The van der Waals surface area contributed by atoms with Crippen molar-refractivity contribution in [2.75, 3.05) is 12.3 Å². The Kier molecular flexibility index (Phi) is 3.55. The fourth-order valence-corrected chi connectivity index (χ4v) is 2.03. The quantitative estimate of drug-likeness (QED) is 0.678. The molecule has 0 bridgehead atoms. The number of esters is 1. The van der Waals surface area contributed by atoms with Crippen molar-refractivity contribution < 1.29 is 9.53 Å². The van der Waals surface area contributed by atoms with Crippen LogP contribution in [0.3, 0.4) is 0 Å². The molecule has 0 atom stereocenters. The topological polar surface area (TPSA) is 70.1 Å². The molecule has 19 heavy (non-hydrogen) atoms. The zero-order valence-electron chi connectivity index (χ0n) is 11.3. The van der Waals surface area contributed by atoms with Crippen LogP contribution >= 0.6 is 0 Å². The van der Waals surface area contributed by atoms with Crippen molar-refractivity contribution in [3.05, 3.63) is 41.2 Å². The lowest BCUT2D eigenvalue weighted by Gasteiger charge is -2.13. The third-order valence-electron chi connectivity index (χ3n) is 2.78. The van der Waals surface area contributed by atoms with Crippen LogP contribution in [0, 0.1) is 13.8 Å². The summed E-state index contributed by atoms with van der Waals surface area (Å²) in [6.07, 6.45) is 0. The fraction of sp³-hybridized carbons (Fsp3) is 0.286. The highest BCUT2D eigenvalue weighted by Gasteiger charge is 2.18. The summed E-state index contributed by atoms with van der Waals surface area (Å²) in [5.41, 5.74) is 9.28. The number of hydrogen-bond donors (Lipinski definition) is 1. The smallest absolute Gasteiger partial charge is 0.340 e. The molecule has 0 fully saturated rings. The monoisotopic (exact) mass is 259 g/mol. The Labute approximate surface area is 112 Å². The van der Waals surface area contributed by atoms with E-state index >= 15 is 0 Å². The molecule has 0 spiro atoms. The molecular formula is C14H17N3O2. The Morgan fingerprint density at radius 2 is 2.16 bits per heavy atom. The first-order valence-electron chi connectivity index (χ1n) is 6.13. The predicted octanol–water partition coefficient (Wildman–Crippen LogP) is 2.25. The molecule has 1 heterocycles. The van der Waals surface area contributed by atoms with Crippen molar-refractivity contribution >= 4 is 11.7 Å². The Morgan fingerprint density at radius 1 is 1.42 bits per heavy atom. The Bertz CT molecular complexity index is 617. The van der Waals surface area contributed by atoms with Gasteiger partial charge < -0.3 is 10.5 Å². The van der Waals surface area contributed by atoms with E-state index in [-0.39, 0.29) is 0 Å². The number of aromatic nitrogens is 2. The van der Waals surface area contributed by atoms with E-state index in [1.54, 1.807) is 29.8 Å². The highest BCUT2D eigenvalue weighted by atomic mass is 16.5. The average Bonchev–Trinajstić information content (AvgIpc) is 2.68. The molecular weight excluding hydrogens is 242 g/mol. The first-order chi connectivity index (χ1) is 9.04. The van der Waals surface area contributed by atoms with Gasteiger partial charge in [0.1, 0.15) is 5.69 Å². The molecule has 5 heteroatoms. The summed E-state index contributed by atoms with van der Waals surface area (Å²) in [7, 11) is 0. The molecule has 0 saturated heterocycles. The van der Waals surface area contributed by atoms with Crippen LogP contribution in [0.4, 0.5) is 5.69 Å². The fourth-order valence-electron chi connectivity index (χ4n) is 2.03. The van der Waals surface area contributed by atoms with Crippen molar-refractivity contribution in [3.63, 3.8) is 0 Å². The Hall–Kier alpha value is -2.30. The van der Waals surface area contributed by atoms with Gasteiger partial charge in [0.25, 0.3) is 0 Å². The number of nitrogens with zero attached hydrogens (tertiary/aromatic N) is 2. The van der Waals surface area contributed by atoms with Crippen molar-refractivity contribution in [2.45, 2.75) is 20.8 Å². The van der Waals surface area contributed by atoms with Gasteiger partial charge in [0.15, 0.2) is 0 Å². The molecule has 0 aliphatic carbocycles. The lowest BCUT2D eigenvalue weighted by Crippen LogP contribution is -2.13. The van der Waals surface area contributed by atoms with E-state index < -0.39 is 5.97 Å². The summed E-state index contributed by atoms with van der Waals surface area (Å²) in [6, 6.07) is 7.10. The molecule has 0 unspecified atom stereocenters. The highest BCUT2D eigenvalue weighted by molar-refractivity contribution is 5.96. The minimum absolute atomic E-state index is 0.324. The summed E-state index contributed by atoms with van der Waals surface area (Å²) < 4.78 is 6.73. The van der Waals surface area contributed by atoms with Crippen molar-refractivity contribution in [1.82, 2.24) is 9.78 Å². The minimum Gasteiger partial charge on any atom is -0.462 e. The summed E-state index contributed by atoms with van der Waals surface area (Å²) in [6.45, 7) is 5.91. The van der Waals surface area contributed by atoms with E-state index in [9.17, 15) is 4.79 Å². The lowest BCUT2D eigenvalue weighted by molar-refractivity contribution is 0.0526. The van der Waals surface area contributed by atoms with Gasteiger partial charge in [-0.1, -0.05) is 6.07 Å². The van der Waals surface area contributed by atoms with Gasteiger partial charge in [0.05, 0.1) is 23.6 Å². The van der Waals surface area contributed by atoms with Gasteiger partial charge in [0, 0.05) is 5.69 Å². The standard InChI is InChI=1S/C14H17N3O2/c1-4-19-14(18)11-6-5-7-12(15)13(11)17-10(3)8-9(2)16-17/h5-8H,4,15H2,1-3H3. The molecule has 0 saturated carbocycles. The second-order valence-corrected chi connectivity index (χ2v) is 4.30. The summed E-state index contributed by atoms with van der Waals surface area (Å²) in [5, 5.41) is 4.37. The van der Waals surface area contributed by atoms with Gasteiger partial charge in [-0.3, -0.25) is 0 Å². The maximum absolute atomic E-state index is 12.0. The zero-order valence-corrected chi connectivity index (χ0v) is 11.3. The minimum atomic E-state index is -0.391. The third kappa shape index (κ3) is 2.45. The van der Waals surface area contributed by atoms with E-state index in [1.165, 1.54) is 0 Å². The van der Waals surface area contributed by atoms with E-state index in [1.807, 2.05) is 19.9 Å². The first-order valence-corrected chi connectivity index (χ1v) is 6.13. The van der Waals surface area contributed by atoms with Gasteiger partial charge in [-0.15, -0.1) is 0 Å². The molecule has 2 aromatic rings. The molecule has 0 amide bonds. The van der Waals surface area contributed by atoms with Crippen LogP contribution in [0.25, 0.3) is 5.69 Å². The molecule has 1 aromatic carbocycles. The number of carbonyl (C=O) groups is 1. The van der Waals surface area contributed by atoms with Crippen molar-refractivity contribution in [1.29, 1.82) is 0 Å². The SMILES string of the molecule is CCOC(=O)c1cccc(N)c1-n1nc(C)cc1C. The summed E-state index contributed by atoms with van der Waals surface area (Å²) in [4.78, 5) is 12.0. The average molecular weight is 259 g/mol. The zero-order chi connectivity index (χ0) is 14.0. The van der Waals surface area contributed by atoms with Crippen LogP contribution in [0.1, 0.15) is 28.7 Å². The van der Waals surface area contributed by atoms with E-state index in [2.05, 4.69) is 5.10 Å². The van der Waals surface area contributed by atoms with E-state index in [0.717, 1.165) is 11.4 Å². The third-order valence-corrected chi connectivity index (χ3v) is 2.78. The van der Waals surface area contributed by atoms with Crippen LogP contribution in [0.15, 0.2) is 24.3 Å². The largest absolute Gasteiger partial charge is 0.462 e. The van der Waals surface area contributed by atoms with Gasteiger partial charge in [-0.25, -0.2) is 9.48 Å². The lowest BCUT2D eigenvalue weighted by atomic mass is 10.1. The van der Waals surface area contributed by atoms with Gasteiger partial charge >= 0.3 is 5.97 Å². The predicted molar refractivity (Wildman–Crippen MR) is 73.4 cm³/mol. The Balaban J connectivity index is 2.62. The van der Waals surface area contributed by atoms with Crippen LogP contribution in [-0.4, -0.2) is 22.4 Å². The number of para-hydroxylation sites is 1. The van der Waals surface area contributed by atoms with Crippen LogP contribution in [0.2, 0.25) is 0 Å². The van der Waals surface area contributed by atoms with Gasteiger partial charge in [-0.05, 0) is 39.0 Å². The van der Waals surface area contributed by atoms with Crippen LogP contribution < -0.4 is 5.73 Å². The second-order valence-electron chi connectivity index (χ2n) is 4.30. The van der Waals surface area contributed by atoms with Gasteiger partial charge in [-0.2, -0.15) is 5.10 Å². The molecule has 100 valence electrons. The van der Waals surface area contributed by atoms with Crippen LogP contribution in [0.5, 0.6) is 0 Å². The van der Waals surface area contributed by atoms with Crippen LogP contribution in [-0.2, 0) is 4.74 Å². The van der Waals surface area contributed by atoms with Crippen molar-refractivity contribution in [2.24, 2.45) is 0 Å². The highest BCUT2D eigenvalue weighted by Crippen LogP contribution is 2.24. The molecule has 5 nitrogen and oxygen atoms in total. The summed E-state index contributed by atoms with van der Waals surface area (Å²) in [5.74, 6) is -0.391. The second kappa shape index (κ2) is 5.14. The molecule has 0 aliphatic heterocycles. The summed E-state index contributed by atoms with van der Waals surface area (Å²) >= 11 is 0. The number of benzene rings is 1. The Morgan fingerprint density at radius 3 is 2.74 bits per heavy atom. The molecule has 1 aromatic heterocycles. The number of aryl methyl sites for hydroxylation is 2. The number of anilines is 1.